The van der Waals surface area contributed by atoms with Crippen LogP contribution in [0.3, 0.4) is 0 Å². The molecule has 72 valence electrons. The molecule has 0 aliphatic carbocycles. The molecular formula is C8H9BrO3S. The van der Waals surface area contributed by atoms with Crippen molar-refractivity contribution < 1.29 is 13.5 Å². The molecule has 0 unspecified atom stereocenters. The van der Waals surface area contributed by atoms with Gasteiger partial charge in [0.05, 0.1) is 4.90 Å². The van der Waals surface area contributed by atoms with Gasteiger partial charge < -0.3 is 5.11 Å². The lowest BCUT2D eigenvalue weighted by Gasteiger charge is -2.00. The van der Waals surface area contributed by atoms with E-state index in [4.69, 9.17) is 5.11 Å². The number of sulfone groups is 1. The molecule has 13 heavy (non-hydrogen) atoms. The van der Waals surface area contributed by atoms with Crippen molar-refractivity contribution in [3.63, 3.8) is 0 Å². The zero-order valence-electron chi connectivity index (χ0n) is 6.77. The number of hydrogen-bond acceptors (Lipinski definition) is 3. The third kappa shape index (κ3) is 2.52. The van der Waals surface area contributed by atoms with Crippen LogP contribution < -0.4 is 0 Å². The fourth-order valence-electron chi connectivity index (χ4n) is 0.860. The topological polar surface area (TPSA) is 54.4 Å². The van der Waals surface area contributed by atoms with Crippen LogP contribution in [0.5, 0.6) is 0 Å². The fourth-order valence-corrected chi connectivity index (χ4v) is 1.93. The highest BCUT2D eigenvalue weighted by molar-refractivity contribution is 9.08. The SMILES string of the molecule is O=S(=O)(CO)c1ccc(CBr)cc1. The summed E-state index contributed by atoms with van der Waals surface area (Å²) in [4.78, 5) is 0.153. The molecule has 0 amide bonds. The Kier molecular flexibility index (Phi) is 3.47. The lowest BCUT2D eigenvalue weighted by atomic mass is 10.2. The van der Waals surface area contributed by atoms with Crippen molar-refractivity contribution in [3.8, 4) is 0 Å². The Morgan fingerprint density at radius 2 is 1.77 bits per heavy atom. The van der Waals surface area contributed by atoms with E-state index in [-0.39, 0.29) is 4.90 Å². The molecule has 0 spiro atoms. The van der Waals surface area contributed by atoms with Crippen molar-refractivity contribution in [1.82, 2.24) is 0 Å². The van der Waals surface area contributed by atoms with Crippen molar-refractivity contribution >= 4 is 25.8 Å². The molecule has 0 heterocycles. The molecule has 0 atom stereocenters. The molecule has 1 aromatic carbocycles. The van der Waals surface area contributed by atoms with Crippen LogP contribution in [0.4, 0.5) is 0 Å². The van der Waals surface area contributed by atoms with E-state index in [2.05, 4.69) is 15.9 Å². The number of alkyl halides is 1. The lowest BCUT2D eigenvalue weighted by Crippen LogP contribution is -2.05. The summed E-state index contributed by atoms with van der Waals surface area (Å²) >= 11 is 3.25. The van der Waals surface area contributed by atoms with Crippen LogP contribution in [-0.4, -0.2) is 19.5 Å². The fraction of sp³-hybridized carbons (Fsp3) is 0.250. The smallest absolute Gasteiger partial charge is 0.202 e. The van der Waals surface area contributed by atoms with E-state index in [1.165, 1.54) is 12.1 Å². The van der Waals surface area contributed by atoms with Crippen LogP contribution in [0.25, 0.3) is 0 Å². The monoisotopic (exact) mass is 264 g/mol. The number of rotatable bonds is 3. The quantitative estimate of drug-likeness (QED) is 0.838. The molecule has 3 nitrogen and oxygen atoms in total. The van der Waals surface area contributed by atoms with Crippen molar-refractivity contribution in [2.24, 2.45) is 0 Å². The maximum atomic E-state index is 11.1. The van der Waals surface area contributed by atoms with Gasteiger partial charge in [0.1, 0.15) is 5.94 Å². The van der Waals surface area contributed by atoms with Gasteiger partial charge in [-0.15, -0.1) is 0 Å². The van der Waals surface area contributed by atoms with Gasteiger partial charge in [0.2, 0.25) is 9.84 Å². The minimum Gasteiger partial charge on any atom is -0.380 e. The summed E-state index contributed by atoms with van der Waals surface area (Å²) in [5.74, 6) is -0.847. The van der Waals surface area contributed by atoms with Gasteiger partial charge in [-0.3, -0.25) is 0 Å². The van der Waals surface area contributed by atoms with Crippen LogP contribution in [0.2, 0.25) is 0 Å². The van der Waals surface area contributed by atoms with Crippen molar-refractivity contribution in [2.75, 3.05) is 5.94 Å². The second-order valence-electron chi connectivity index (χ2n) is 2.52. The van der Waals surface area contributed by atoms with Gasteiger partial charge in [0.25, 0.3) is 0 Å². The molecule has 0 bridgehead atoms. The largest absolute Gasteiger partial charge is 0.380 e. The van der Waals surface area contributed by atoms with E-state index < -0.39 is 15.8 Å². The average Bonchev–Trinajstić information content (AvgIpc) is 2.18. The summed E-state index contributed by atoms with van der Waals surface area (Å²) in [6, 6.07) is 6.39. The first kappa shape index (κ1) is 10.7. The highest BCUT2D eigenvalue weighted by atomic mass is 79.9. The highest BCUT2D eigenvalue weighted by Gasteiger charge is 2.11. The average molecular weight is 265 g/mol. The number of aliphatic hydroxyl groups is 1. The second kappa shape index (κ2) is 4.21. The van der Waals surface area contributed by atoms with Crippen LogP contribution in [0.15, 0.2) is 29.2 Å². The predicted molar refractivity (Wildman–Crippen MR) is 53.3 cm³/mol. The Morgan fingerprint density at radius 1 is 1.23 bits per heavy atom. The van der Waals surface area contributed by atoms with Gasteiger partial charge in [0, 0.05) is 5.33 Å². The van der Waals surface area contributed by atoms with Crippen LogP contribution in [0.1, 0.15) is 5.56 Å². The van der Waals surface area contributed by atoms with Gasteiger partial charge >= 0.3 is 0 Å². The standard InChI is InChI=1S/C8H9BrO3S/c9-5-7-1-3-8(4-2-7)13(11,12)6-10/h1-4,10H,5-6H2. The Morgan fingerprint density at radius 3 is 2.15 bits per heavy atom. The predicted octanol–water partition coefficient (Wildman–Crippen LogP) is 1.31. The molecule has 0 fully saturated rings. The first-order chi connectivity index (χ1) is 6.10. The molecule has 1 aromatic rings. The normalized spacial score (nSPS) is 11.5. The highest BCUT2D eigenvalue weighted by Crippen LogP contribution is 2.13. The van der Waals surface area contributed by atoms with E-state index in [1.807, 2.05) is 0 Å². The van der Waals surface area contributed by atoms with Crippen LogP contribution in [0, 0.1) is 0 Å². The van der Waals surface area contributed by atoms with Crippen molar-refractivity contribution in [1.29, 1.82) is 0 Å². The molecular weight excluding hydrogens is 256 g/mol. The van der Waals surface area contributed by atoms with Crippen LogP contribution in [-0.2, 0) is 15.2 Å². The van der Waals surface area contributed by atoms with E-state index in [1.54, 1.807) is 12.1 Å². The maximum absolute atomic E-state index is 11.1. The first-order valence-electron chi connectivity index (χ1n) is 3.58. The third-order valence-corrected chi connectivity index (χ3v) is 3.58. The van der Waals surface area contributed by atoms with Gasteiger partial charge in [-0.25, -0.2) is 8.42 Å². The van der Waals surface area contributed by atoms with Crippen molar-refractivity contribution in [2.45, 2.75) is 10.2 Å². The van der Waals surface area contributed by atoms with Gasteiger partial charge in [-0.1, -0.05) is 28.1 Å². The van der Waals surface area contributed by atoms with Crippen molar-refractivity contribution in [3.05, 3.63) is 29.8 Å². The van der Waals surface area contributed by atoms with Crippen LogP contribution >= 0.6 is 15.9 Å². The molecule has 1 rings (SSSR count). The van der Waals surface area contributed by atoms with Gasteiger partial charge in [-0.05, 0) is 17.7 Å². The number of aliphatic hydroxyl groups excluding tert-OH is 1. The maximum Gasteiger partial charge on any atom is 0.202 e. The lowest BCUT2D eigenvalue weighted by molar-refractivity contribution is 0.358. The minimum absolute atomic E-state index is 0.153. The number of hydrogen-bond donors (Lipinski definition) is 1. The zero-order chi connectivity index (χ0) is 9.90. The van der Waals surface area contributed by atoms with E-state index in [0.29, 0.717) is 5.33 Å². The summed E-state index contributed by atoms with van der Waals surface area (Å²) in [5, 5.41) is 9.26. The second-order valence-corrected chi connectivity index (χ2v) is 5.04. The molecule has 5 heteroatoms. The van der Waals surface area contributed by atoms with E-state index in [9.17, 15) is 8.42 Å². The molecule has 0 radical (unpaired) electrons. The van der Waals surface area contributed by atoms with E-state index >= 15 is 0 Å². The summed E-state index contributed by atoms with van der Waals surface area (Å²) < 4.78 is 22.3. The molecule has 0 aliphatic heterocycles. The molecule has 1 N–H and O–H groups in total. The first-order valence-corrected chi connectivity index (χ1v) is 6.36. The molecule has 0 aromatic heterocycles. The van der Waals surface area contributed by atoms with Gasteiger partial charge in [0.15, 0.2) is 0 Å². The Hall–Kier alpha value is -0.390. The number of halogens is 1. The summed E-state index contributed by atoms with van der Waals surface area (Å²) in [5.41, 5.74) is 0.997. The minimum atomic E-state index is -3.48. The molecule has 0 aliphatic rings. The molecule has 0 saturated carbocycles. The molecule has 0 saturated heterocycles. The Labute approximate surface area is 85.4 Å². The summed E-state index contributed by atoms with van der Waals surface area (Å²) in [7, 11) is -3.48. The third-order valence-electron chi connectivity index (χ3n) is 1.61. The van der Waals surface area contributed by atoms with E-state index in [0.717, 1.165) is 5.56 Å². The zero-order valence-corrected chi connectivity index (χ0v) is 9.18. The summed E-state index contributed by atoms with van der Waals surface area (Å²) in [6.45, 7) is 0. The summed E-state index contributed by atoms with van der Waals surface area (Å²) in [6.07, 6.45) is 0. The Balaban J connectivity index is 3.06. The number of benzene rings is 1. The Bertz CT molecular complexity index is 369. The van der Waals surface area contributed by atoms with Gasteiger partial charge in [-0.2, -0.15) is 0 Å².